The minimum Gasteiger partial charge on any atom is -0.480 e. The zero-order chi connectivity index (χ0) is 15.0. The Morgan fingerprint density at radius 2 is 2.30 bits per heavy atom. The third-order valence-corrected chi connectivity index (χ3v) is 2.70. The predicted molar refractivity (Wildman–Crippen MR) is 72.3 cm³/mol. The van der Waals surface area contributed by atoms with E-state index in [1.807, 2.05) is 13.0 Å². The molecule has 0 bridgehead atoms. The van der Waals surface area contributed by atoms with Crippen LogP contribution in [-0.2, 0) is 9.53 Å². The maximum atomic E-state index is 12.0. The molecular weight excluding hydrogens is 262 g/mol. The first kappa shape index (κ1) is 15.9. The molecule has 0 aliphatic carbocycles. The van der Waals surface area contributed by atoms with Gasteiger partial charge in [0.2, 0.25) is 0 Å². The summed E-state index contributed by atoms with van der Waals surface area (Å²) in [7, 11) is 1.50. The molecule has 0 saturated carbocycles. The summed E-state index contributed by atoms with van der Waals surface area (Å²) in [5, 5.41) is 11.5. The number of carboxylic acid groups (broad SMARTS) is 1. The highest BCUT2D eigenvalue weighted by Gasteiger charge is 2.18. The van der Waals surface area contributed by atoms with E-state index in [0.717, 1.165) is 5.56 Å². The first-order chi connectivity index (χ1) is 9.54. The van der Waals surface area contributed by atoms with Crippen LogP contribution in [0.25, 0.3) is 0 Å². The van der Waals surface area contributed by atoms with Crippen LogP contribution in [-0.4, -0.2) is 53.8 Å². The lowest BCUT2D eigenvalue weighted by Gasteiger charge is -2.23. The van der Waals surface area contributed by atoms with Gasteiger partial charge in [0.05, 0.1) is 12.6 Å². The zero-order valence-corrected chi connectivity index (χ0v) is 11.6. The molecule has 20 heavy (non-hydrogen) atoms. The molecule has 7 nitrogen and oxygen atoms in total. The number of nitrogens with one attached hydrogen (secondary N) is 1. The van der Waals surface area contributed by atoms with E-state index in [2.05, 4.69) is 10.3 Å². The minimum absolute atomic E-state index is 0.217. The number of carbonyl (C=O) groups excluding carboxylic acids is 1. The van der Waals surface area contributed by atoms with Crippen LogP contribution in [0.3, 0.4) is 0 Å². The van der Waals surface area contributed by atoms with Gasteiger partial charge in [-0.2, -0.15) is 0 Å². The van der Waals surface area contributed by atoms with Gasteiger partial charge in [0.1, 0.15) is 6.54 Å². The zero-order valence-electron chi connectivity index (χ0n) is 11.6. The van der Waals surface area contributed by atoms with Crippen LogP contribution in [0.5, 0.6) is 0 Å². The van der Waals surface area contributed by atoms with Crippen molar-refractivity contribution in [3.05, 3.63) is 30.1 Å². The number of rotatable bonds is 7. The summed E-state index contributed by atoms with van der Waals surface area (Å²) in [6, 6.07) is 2.92. The Hall–Kier alpha value is -2.15. The second-order valence-corrected chi connectivity index (χ2v) is 4.27. The molecule has 1 atom stereocenters. The van der Waals surface area contributed by atoms with E-state index in [1.54, 1.807) is 18.5 Å². The molecule has 2 amide bonds. The van der Waals surface area contributed by atoms with Crippen molar-refractivity contribution in [2.45, 2.75) is 13.0 Å². The number of hydrogen-bond acceptors (Lipinski definition) is 4. The highest BCUT2D eigenvalue weighted by molar-refractivity contribution is 5.80. The number of carboxylic acids is 1. The predicted octanol–water partition coefficient (Wildman–Crippen LogP) is 0.885. The van der Waals surface area contributed by atoms with Gasteiger partial charge in [-0.25, -0.2) is 4.79 Å². The Kier molecular flexibility index (Phi) is 6.45. The summed E-state index contributed by atoms with van der Waals surface area (Å²) in [6.07, 6.45) is 3.30. The topological polar surface area (TPSA) is 91.8 Å². The van der Waals surface area contributed by atoms with Crippen molar-refractivity contribution in [1.82, 2.24) is 15.2 Å². The number of methoxy groups -OCH3 is 1. The van der Waals surface area contributed by atoms with E-state index in [4.69, 9.17) is 9.84 Å². The smallest absolute Gasteiger partial charge is 0.323 e. The molecule has 0 saturated heterocycles. The second-order valence-electron chi connectivity index (χ2n) is 4.27. The third kappa shape index (κ3) is 5.23. The molecule has 110 valence electrons. The molecular formula is C13H19N3O4. The molecule has 0 spiro atoms. The van der Waals surface area contributed by atoms with Crippen molar-refractivity contribution in [3.63, 3.8) is 0 Å². The van der Waals surface area contributed by atoms with Crippen LogP contribution in [0, 0.1) is 0 Å². The molecule has 0 aliphatic heterocycles. The minimum atomic E-state index is -1.06. The fraction of sp³-hybridized carbons (Fsp3) is 0.462. The van der Waals surface area contributed by atoms with Gasteiger partial charge < -0.3 is 20.1 Å². The van der Waals surface area contributed by atoms with Gasteiger partial charge in [-0.3, -0.25) is 9.78 Å². The average Bonchev–Trinajstić information content (AvgIpc) is 2.43. The number of amides is 2. The molecule has 1 aromatic rings. The van der Waals surface area contributed by atoms with E-state index < -0.39 is 12.0 Å². The Morgan fingerprint density at radius 3 is 2.85 bits per heavy atom. The lowest BCUT2D eigenvalue weighted by atomic mass is 10.1. The van der Waals surface area contributed by atoms with Crippen LogP contribution in [0.4, 0.5) is 4.79 Å². The fourth-order valence-corrected chi connectivity index (χ4v) is 1.61. The van der Waals surface area contributed by atoms with Gasteiger partial charge in [-0.05, 0) is 18.6 Å². The summed E-state index contributed by atoms with van der Waals surface area (Å²) in [5.41, 5.74) is 0.850. The molecule has 1 unspecified atom stereocenters. The standard InChI is InChI=1S/C13H19N3O4/c1-10(11-4-3-5-14-8-11)15-13(19)16(6-7-20-2)9-12(17)18/h3-5,8,10H,6-7,9H2,1-2H3,(H,15,19)(H,17,18). The normalized spacial score (nSPS) is 11.7. The summed E-state index contributed by atoms with van der Waals surface area (Å²) in [4.78, 5) is 28.0. The first-order valence-corrected chi connectivity index (χ1v) is 6.20. The van der Waals surface area contributed by atoms with Crippen LogP contribution in [0.1, 0.15) is 18.5 Å². The van der Waals surface area contributed by atoms with Crippen molar-refractivity contribution >= 4 is 12.0 Å². The summed E-state index contributed by atoms with van der Waals surface area (Å²) in [5.74, 6) is -1.06. The maximum absolute atomic E-state index is 12.0. The first-order valence-electron chi connectivity index (χ1n) is 6.20. The van der Waals surface area contributed by atoms with Crippen molar-refractivity contribution in [2.24, 2.45) is 0 Å². The number of aliphatic carboxylic acids is 1. The number of carbonyl (C=O) groups is 2. The third-order valence-electron chi connectivity index (χ3n) is 2.70. The SMILES string of the molecule is COCCN(CC(=O)O)C(=O)NC(C)c1cccnc1. The molecule has 0 aliphatic rings. The van der Waals surface area contributed by atoms with Crippen molar-refractivity contribution in [1.29, 1.82) is 0 Å². The van der Waals surface area contributed by atoms with E-state index >= 15 is 0 Å². The fourth-order valence-electron chi connectivity index (χ4n) is 1.61. The van der Waals surface area contributed by atoms with Crippen molar-refractivity contribution in [2.75, 3.05) is 26.8 Å². The molecule has 0 radical (unpaired) electrons. The van der Waals surface area contributed by atoms with Gasteiger partial charge in [0.25, 0.3) is 0 Å². The molecule has 7 heteroatoms. The van der Waals surface area contributed by atoms with Gasteiger partial charge >= 0.3 is 12.0 Å². The second kappa shape index (κ2) is 8.11. The number of nitrogens with zero attached hydrogens (tertiary/aromatic N) is 2. The number of urea groups is 1. The quantitative estimate of drug-likeness (QED) is 0.774. The van der Waals surface area contributed by atoms with Crippen molar-refractivity contribution < 1.29 is 19.4 Å². The van der Waals surface area contributed by atoms with Gasteiger partial charge in [-0.15, -0.1) is 0 Å². The van der Waals surface area contributed by atoms with Gasteiger partial charge in [0, 0.05) is 26.0 Å². The molecule has 1 aromatic heterocycles. The molecule has 0 fully saturated rings. The van der Waals surface area contributed by atoms with Crippen LogP contribution in [0.15, 0.2) is 24.5 Å². The molecule has 0 aromatic carbocycles. The lowest BCUT2D eigenvalue weighted by Crippen LogP contribution is -2.45. The Labute approximate surface area is 117 Å². The van der Waals surface area contributed by atoms with Gasteiger partial charge in [0.15, 0.2) is 0 Å². The van der Waals surface area contributed by atoms with E-state index in [9.17, 15) is 9.59 Å². The molecule has 1 rings (SSSR count). The number of ether oxygens (including phenoxy) is 1. The van der Waals surface area contributed by atoms with E-state index in [0.29, 0.717) is 0 Å². The summed E-state index contributed by atoms with van der Waals surface area (Å²) < 4.78 is 4.87. The highest BCUT2D eigenvalue weighted by Crippen LogP contribution is 2.10. The van der Waals surface area contributed by atoms with E-state index in [1.165, 1.54) is 12.0 Å². The largest absolute Gasteiger partial charge is 0.480 e. The van der Waals surface area contributed by atoms with E-state index in [-0.39, 0.29) is 25.7 Å². The Morgan fingerprint density at radius 1 is 1.55 bits per heavy atom. The van der Waals surface area contributed by atoms with Crippen LogP contribution < -0.4 is 5.32 Å². The average molecular weight is 281 g/mol. The monoisotopic (exact) mass is 281 g/mol. The van der Waals surface area contributed by atoms with Crippen molar-refractivity contribution in [3.8, 4) is 0 Å². The number of aromatic nitrogens is 1. The highest BCUT2D eigenvalue weighted by atomic mass is 16.5. The lowest BCUT2D eigenvalue weighted by molar-refractivity contribution is -0.137. The van der Waals surface area contributed by atoms with Crippen LogP contribution in [0.2, 0.25) is 0 Å². The Balaban J connectivity index is 2.62. The summed E-state index contributed by atoms with van der Waals surface area (Å²) in [6.45, 7) is 1.94. The molecule has 2 N–H and O–H groups in total. The maximum Gasteiger partial charge on any atom is 0.323 e. The van der Waals surface area contributed by atoms with Crippen LogP contribution >= 0.6 is 0 Å². The summed E-state index contributed by atoms with van der Waals surface area (Å²) >= 11 is 0. The number of pyridine rings is 1. The molecule has 1 heterocycles. The number of hydrogen-bond donors (Lipinski definition) is 2. The Bertz CT molecular complexity index is 439. The van der Waals surface area contributed by atoms with Gasteiger partial charge in [-0.1, -0.05) is 6.07 Å².